The van der Waals surface area contributed by atoms with E-state index in [-0.39, 0.29) is 0 Å². The largest absolute Gasteiger partial charge is 0.482 e. The fourth-order valence-electron chi connectivity index (χ4n) is 0.939. The van der Waals surface area contributed by atoms with Crippen LogP contribution in [0, 0.1) is 6.92 Å². The monoisotopic (exact) mass is 198 g/mol. The van der Waals surface area contributed by atoms with Crippen molar-refractivity contribution in [3.05, 3.63) is 29.8 Å². The van der Waals surface area contributed by atoms with Gasteiger partial charge in [0.05, 0.1) is 0 Å². The minimum atomic E-state index is -0.594. The Morgan fingerprint density at radius 2 is 2.23 bits per heavy atom. The van der Waals surface area contributed by atoms with E-state index >= 15 is 0 Å². The van der Waals surface area contributed by atoms with Gasteiger partial charge in [-0.15, -0.1) is 0 Å². The molecule has 0 aromatic heterocycles. The maximum atomic E-state index is 10.7. The molecule has 3 heteroatoms. The highest BCUT2D eigenvalue weighted by molar-refractivity contribution is 6.64. The smallest absolute Gasteiger partial charge is 0.262 e. The van der Waals surface area contributed by atoms with Gasteiger partial charge in [0.25, 0.3) is 5.24 Å². The number of hydrogen-bond acceptors (Lipinski definition) is 2. The summed E-state index contributed by atoms with van der Waals surface area (Å²) in [4.78, 5) is 10.7. The third-order valence-corrected chi connectivity index (χ3v) is 1.93. The molecule has 1 atom stereocenters. The van der Waals surface area contributed by atoms with Crippen molar-refractivity contribution in [2.45, 2.75) is 20.0 Å². The Labute approximate surface area is 82.5 Å². The molecule has 0 unspecified atom stereocenters. The second-order valence-corrected chi connectivity index (χ2v) is 3.25. The third kappa shape index (κ3) is 3.07. The van der Waals surface area contributed by atoms with Gasteiger partial charge < -0.3 is 4.74 Å². The summed E-state index contributed by atoms with van der Waals surface area (Å²) < 4.78 is 5.28. The zero-order valence-corrected chi connectivity index (χ0v) is 8.34. The van der Waals surface area contributed by atoms with Crippen LogP contribution in [-0.2, 0) is 4.79 Å². The Morgan fingerprint density at radius 1 is 1.54 bits per heavy atom. The van der Waals surface area contributed by atoms with Crippen molar-refractivity contribution in [3.8, 4) is 5.75 Å². The van der Waals surface area contributed by atoms with Gasteiger partial charge in [0.2, 0.25) is 0 Å². The summed E-state index contributed by atoms with van der Waals surface area (Å²) in [5.74, 6) is 0.668. The SMILES string of the molecule is Cc1cccc(O[C@@H](C)C(=O)Cl)c1. The Morgan fingerprint density at radius 3 is 2.77 bits per heavy atom. The summed E-state index contributed by atoms with van der Waals surface area (Å²) >= 11 is 5.25. The molecule has 0 bridgehead atoms. The molecule has 0 aliphatic rings. The van der Waals surface area contributed by atoms with Gasteiger partial charge in [0.15, 0.2) is 6.10 Å². The van der Waals surface area contributed by atoms with Crippen LogP contribution < -0.4 is 4.74 Å². The quantitative estimate of drug-likeness (QED) is 0.698. The first-order chi connectivity index (χ1) is 6.09. The first kappa shape index (κ1) is 10.1. The molecule has 70 valence electrons. The highest BCUT2D eigenvalue weighted by Crippen LogP contribution is 2.14. The molecule has 0 heterocycles. The number of carbonyl (C=O) groups is 1. The molecule has 13 heavy (non-hydrogen) atoms. The average Bonchev–Trinajstić information content (AvgIpc) is 2.04. The van der Waals surface area contributed by atoms with E-state index in [0.717, 1.165) is 5.56 Å². The molecule has 1 rings (SSSR count). The Hall–Kier alpha value is -1.02. The van der Waals surface area contributed by atoms with Crippen molar-refractivity contribution in [1.29, 1.82) is 0 Å². The minimum Gasteiger partial charge on any atom is -0.482 e. The van der Waals surface area contributed by atoms with Crippen molar-refractivity contribution in [1.82, 2.24) is 0 Å². The van der Waals surface area contributed by atoms with Crippen molar-refractivity contribution in [3.63, 3.8) is 0 Å². The Kier molecular flexibility index (Phi) is 3.32. The molecule has 1 aromatic carbocycles. The zero-order chi connectivity index (χ0) is 9.84. The third-order valence-electron chi connectivity index (χ3n) is 1.62. The van der Waals surface area contributed by atoms with Crippen molar-refractivity contribution in [2.24, 2.45) is 0 Å². The molecule has 0 aliphatic carbocycles. The Bertz CT molecular complexity index is 310. The molecule has 0 spiro atoms. The van der Waals surface area contributed by atoms with Crippen LogP contribution in [0.25, 0.3) is 0 Å². The van der Waals surface area contributed by atoms with Crippen LogP contribution in [0.5, 0.6) is 5.75 Å². The molecule has 0 fully saturated rings. The van der Waals surface area contributed by atoms with Gasteiger partial charge in [-0.25, -0.2) is 0 Å². The number of halogens is 1. The van der Waals surface area contributed by atoms with Crippen LogP contribution >= 0.6 is 11.6 Å². The summed E-state index contributed by atoms with van der Waals surface area (Å²) in [6.07, 6.45) is -0.594. The van der Waals surface area contributed by atoms with Crippen LogP contribution in [0.3, 0.4) is 0 Å². The van der Waals surface area contributed by atoms with E-state index in [1.165, 1.54) is 0 Å². The summed E-state index contributed by atoms with van der Waals surface area (Å²) in [5, 5.41) is -0.485. The molecule has 0 saturated carbocycles. The lowest BCUT2D eigenvalue weighted by molar-refractivity contribution is -0.117. The molecular weight excluding hydrogens is 188 g/mol. The first-order valence-corrected chi connectivity index (χ1v) is 4.40. The summed E-state index contributed by atoms with van der Waals surface area (Å²) in [6, 6.07) is 7.48. The van der Waals surface area contributed by atoms with E-state index in [1.807, 2.05) is 25.1 Å². The van der Waals surface area contributed by atoms with E-state index < -0.39 is 11.3 Å². The molecule has 2 nitrogen and oxygen atoms in total. The normalized spacial score (nSPS) is 12.2. The lowest BCUT2D eigenvalue weighted by atomic mass is 10.2. The van der Waals surface area contributed by atoms with Crippen LogP contribution in [0.2, 0.25) is 0 Å². The zero-order valence-electron chi connectivity index (χ0n) is 7.58. The van der Waals surface area contributed by atoms with Gasteiger partial charge in [0.1, 0.15) is 5.75 Å². The average molecular weight is 199 g/mol. The van der Waals surface area contributed by atoms with Crippen LogP contribution in [0.1, 0.15) is 12.5 Å². The summed E-state index contributed by atoms with van der Waals surface area (Å²) in [5.41, 5.74) is 1.09. The maximum Gasteiger partial charge on any atom is 0.262 e. The first-order valence-electron chi connectivity index (χ1n) is 4.02. The van der Waals surface area contributed by atoms with Crippen molar-refractivity contribution >= 4 is 16.8 Å². The number of rotatable bonds is 3. The lowest BCUT2D eigenvalue weighted by Gasteiger charge is -2.10. The van der Waals surface area contributed by atoms with E-state index in [1.54, 1.807) is 13.0 Å². The van der Waals surface area contributed by atoms with E-state index in [0.29, 0.717) is 5.75 Å². The van der Waals surface area contributed by atoms with Gasteiger partial charge in [0, 0.05) is 0 Å². The van der Waals surface area contributed by atoms with Gasteiger partial charge in [-0.2, -0.15) is 0 Å². The second-order valence-electron chi connectivity index (χ2n) is 2.88. The molecular formula is C10H11ClO2. The lowest BCUT2D eigenvalue weighted by Crippen LogP contribution is -2.18. The standard InChI is InChI=1S/C10H11ClO2/c1-7-4-3-5-9(6-7)13-8(2)10(11)12/h3-6,8H,1-2H3/t8-/m0/s1. The molecule has 0 radical (unpaired) electrons. The second kappa shape index (κ2) is 4.28. The molecule has 0 amide bonds. The number of hydrogen-bond donors (Lipinski definition) is 0. The highest BCUT2D eigenvalue weighted by atomic mass is 35.5. The molecule has 0 N–H and O–H groups in total. The molecule has 0 saturated heterocycles. The Balaban J connectivity index is 2.69. The predicted molar refractivity (Wildman–Crippen MR) is 52.1 cm³/mol. The van der Waals surface area contributed by atoms with Gasteiger partial charge in [-0.1, -0.05) is 12.1 Å². The number of carbonyl (C=O) groups excluding carboxylic acids is 1. The van der Waals surface area contributed by atoms with Crippen LogP contribution in [0.4, 0.5) is 0 Å². The fourth-order valence-corrected chi connectivity index (χ4v) is 0.984. The fraction of sp³-hybridized carbons (Fsp3) is 0.300. The summed E-state index contributed by atoms with van der Waals surface area (Å²) in [6.45, 7) is 3.58. The van der Waals surface area contributed by atoms with Gasteiger partial charge in [-0.3, -0.25) is 4.79 Å². The van der Waals surface area contributed by atoms with Crippen molar-refractivity contribution < 1.29 is 9.53 Å². The number of ether oxygens (including phenoxy) is 1. The molecule has 0 aliphatic heterocycles. The van der Waals surface area contributed by atoms with E-state index in [2.05, 4.69) is 0 Å². The van der Waals surface area contributed by atoms with Crippen LogP contribution in [0.15, 0.2) is 24.3 Å². The van der Waals surface area contributed by atoms with Gasteiger partial charge in [-0.05, 0) is 43.1 Å². The van der Waals surface area contributed by atoms with Crippen molar-refractivity contribution in [2.75, 3.05) is 0 Å². The molecule has 1 aromatic rings. The van der Waals surface area contributed by atoms with E-state index in [4.69, 9.17) is 16.3 Å². The number of benzene rings is 1. The van der Waals surface area contributed by atoms with Gasteiger partial charge >= 0.3 is 0 Å². The highest BCUT2D eigenvalue weighted by Gasteiger charge is 2.10. The van der Waals surface area contributed by atoms with Crippen LogP contribution in [-0.4, -0.2) is 11.3 Å². The predicted octanol–water partition coefficient (Wildman–Crippen LogP) is 2.53. The van der Waals surface area contributed by atoms with E-state index in [9.17, 15) is 4.79 Å². The maximum absolute atomic E-state index is 10.7. The minimum absolute atomic E-state index is 0.485. The number of aryl methyl sites for hydroxylation is 1. The summed E-state index contributed by atoms with van der Waals surface area (Å²) in [7, 11) is 0. The topological polar surface area (TPSA) is 26.3 Å².